The van der Waals surface area contributed by atoms with Crippen LogP contribution < -0.4 is 5.43 Å². The van der Waals surface area contributed by atoms with Gasteiger partial charge in [0.05, 0.1) is 4.47 Å². The molecule has 94 valence electrons. The zero-order chi connectivity index (χ0) is 13.5. The van der Waals surface area contributed by atoms with Gasteiger partial charge in [0.1, 0.15) is 5.71 Å². The van der Waals surface area contributed by atoms with Gasteiger partial charge in [-0.25, -0.2) is 15.4 Å². The van der Waals surface area contributed by atoms with E-state index in [2.05, 4.69) is 48.3 Å². The minimum Gasteiger partial charge on any atom is -0.244 e. The number of aromatic nitrogens is 2. The molecule has 1 aromatic heterocycles. The highest BCUT2D eigenvalue weighted by Crippen LogP contribution is 2.06. The monoisotopic (exact) mass is 314 g/mol. The van der Waals surface area contributed by atoms with Crippen LogP contribution >= 0.6 is 15.9 Å². The van der Waals surface area contributed by atoms with Gasteiger partial charge in [-0.15, -0.1) is 0 Å². The first-order chi connectivity index (χ1) is 9.24. The molecule has 0 fully saturated rings. The molecule has 4 nitrogen and oxygen atoms in total. The van der Waals surface area contributed by atoms with E-state index in [9.17, 15) is 0 Å². The lowest BCUT2D eigenvalue weighted by molar-refractivity contribution is 1.10. The Morgan fingerprint density at radius 1 is 1.21 bits per heavy atom. The topological polar surface area (TPSA) is 50.2 Å². The third-order valence-electron chi connectivity index (χ3n) is 2.11. The summed E-state index contributed by atoms with van der Waals surface area (Å²) in [6.45, 7) is 1.82. The Hall–Kier alpha value is -2.19. The summed E-state index contributed by atoms with van der Waals surface area (Å²) >= 11 is 3.27. The number of nitrogens with zero attached hydrogens (tertiary/aromatic N) is 3. The van der Waals surface area contributed by atoms with Crippen LogP contribution in [0.3, 0.4) is 0 Å². The van der Waals surface area contributed by atoms with E-state index in [-0.39, 0.29) is 0 Å². The van der Waals surface area contributed by atoms with E-state index in [1.807, 2.05) is 37.3 Å². The number of hydrogen-bond acceptors (Lipinski definition) is 4. The molecule has 1 aromatic carbocycles. The van der Waals surface area contributed by atoms with Gasteiger partial charge in [0.2, 0.25) is 5.95 Å². The molecule has 5 heteroatoms. The van der Waals surface area contributed by atoms with Gasteiger partial charge in [-0.2, -0.15) is 5.10 Å². The lowest BCUT2D eigenvalue weighted by Gasteiger charge is -1.97. The number of nitrogens with one attached hydrogen (secondary N) is 1. The van der Waals surface area contributed by atoms with Crippen molar-refractivity contribution < 1.29 is 0 Å². The van der Waals surface area contributed by atoms with Crippen molar-refractivity contribution in [3.63, 3.8) is 0 Å². The van der Waals surface area contributed by atoms with Crippen LogP contribution in [0, 0.1) is 11.8 Å². The number of rotatable bonds is 2. The molecular weight excluding hydrogens is 304 g/mol. The van der Waals surface area contributed by atoms with E-state index in [4.69, 9.17) is 0 Å². The summed E-state index contributed by atoms with van der Waals surface area (Å²) in [4.78, 5) is 8.09. The standard InChI is InChI=1S/C14H11BrN4/c1-11(7-8-12-5-3-2-4-6-12)18-19-14-16-9-13(15)10-17-14/h2-6,9-10H,1H3,(H,16,17,19)/b18-11-. The molecule has 19 heavy (non-hydrogen) atoms. The Morgan fingerprint density at radius 3 is 2.58 bits per heavy atom. The van der Waals surface area contributed by atoms with Crippen LogP contribution in [-0.2, 0) is 0 Å². The van der Waals surface area contributed by atoms with Gasteiger partial charge >= 0.3 is 0 Å². The van der Waals surface area contributed by atoms with Gasteiger partial charge in [-0.1, -0.05) is 24.1 Å². The van der Waals surface area contributed by atoms with Gasteiger partial charge in [0.25, 0.3) is 0 Å². The van der Waals surface area contributed by atoms with Crippen molar-refractivity contribution in [2.75, 3.05) is 5.43 Å². The highest BCUT2D eigenvalue weighted by molar-refractivity contribution is 9.10. The Morgan fingerprint density at radius 2 is 1.89 bits per heavy atom. The molecule has 2 rings (SSSR count). The average Bonchev–Trinajstić information content (AvgIpc) is 2.45. The molecule has 2 aromatic rings. The second-order valence-corrected chi connectivity index (χ2v) is 4.57. The van der Waals surface area contributed by atoms with E-state index >= 15 is 0 Å². The average molecular weight is 315 g/mol. The molecule has 0 aliphatic heterocycles. The van der Waals surface area contributed by atoms with Crippen LogP contribution in [0.4, 0.5) is 5.95 Å². The van der Waals surface area contributed by atoms with Crippen LogP contribution in [-0.4, -0.2) is 15.7 Å². The third-order valence-corrected chi connectivity index (χ3v) is 2.51. The van der Waals surface area contributed by atoms with Gasteiger partial charge in [0.15, 0.2) is 0 Å². The fourth-order valence-corrected chi connectivity index (χ4v) is 1.42. The predicted octanol–water partition coefficient (Wildman–Crippen LogP) is 3.08. The summed E-state index contributed by atoms with van der Waals surface area (Å²) in [6, 6.07) is 9.75. The quantitative estimate of drug-likeness (QED) is 0.526. The molecule has 0 bridgehead atoms. The first kappa shape index (κ1) is 13.2. The maximum absolute atomic E-state index is 4.09. The van der Waals surface area contributed by atoms with Crippen molar-refractivity contribution >= 4 is 27.6 Å². The van der Waals surface area contributed by atoms with E-state index in [0.717, 1.165) is 10.0 Å². The SMILES string of the molecule is C/C(C#Cc1ccccc1)=N/Nc1ncc(Br)cn1. The van der Waals surface area contributed by atoms with E-state index in [1.165, 1.54) is 0 Å². The van der Waals surface area contributed by atoms with Crippen molar-refractivity contribution in [2.45, 2.75) is 6.92 Å². The summed E-state index contributed by atoms with van der Waals surface area (Å²) in [6.07, 6.45) is 3.30. The van der Waals surface area contributed by atoms with Crippen LogP contribution in [0.2, 0.25) is 0 Å². The number of halogens is 1. The fraction of sp³-hybridized carbons (Fsp3) is 0.0714. The van der Waals surface area contributed by atoms with Gasteiger partial charge in [-0.05, 0) is 40.9 Å². The summed E-state index contributed by atoms with van der Waals surface area (Å²) in [5.74, 6) is 6.41. The van der Waals surface area contributed by atoms with Gasteiger partial charge in [0, 0.05) is 18.0 Å². The largest absolute Gasteiger partial charge is 0.244 e. The molecule has 1 N–H and O–H groups in total. The second kappa shape index (κ2) is 6.66. The van der Waals surface area contributed by atoms with Crippen molar-refractivity contribution in [3.8, 4) is 11.8 Å². The third kappa shape index (κ3) is 4.53. The lowest BCUT2D eigenvalue weighted by atomic mass is 10.2. The van der Waals surface area contributed by atoms with E-state index < -0.39 is 0 Å². The normalized spacial score (nSPS) is 10.5. The molecule has 0 radical (unpaired) electrons. The zero-order valence-electron chi connectivity index (χ0n) is 10.3. The Bertz CT molecular complexity index is 624. The van der Waals surface area contributed by atoms with E-state index in [0.29, 0.717) is 11.7 Å². The molecule has 0 saturated carbocycles. The highest BCUT2D eigenvalue weighted by Gasteiger charge is 1.93. The summed E-state index contributed by atoms with van der Waals surface area (Å²) in [5, 5.41) is 4.09. The van der Waals surface area contributed by atoms with Gasteiger partial charge < -0.3 is 0 Å². The number of hydrogen-bond donors (Lipinski definition) is 1. The summed E-state index contributed by atoms with van der Waals surface area (Å²) in [5.41, 5.74) is 4.37. The highest BCUT2D eigenvalue weighted by atomic mass is 79.9. The number of anilines is 1. The molecule has 0 aliphatic carbocycles. The first-order valence-electron chi connectivity index (χ1n) is 5.59. The number of hydrazone groups is 1. The maximum atomic E-state index is 4.09. The molecule has 1 heterocycles. The van der Waals surface area contributed by atoms with Crippen LogP contribution in [0.15, 0.2) is 52.3 Å². The van der Waals surface area contributed by atoms with Gasteiger partial charge in [-0.3, -0.25) is 0 Å². The van der Waals surface area contributed by atoms with E-state index in [1.54, 1.807) is 12.4 Å². The smallest absolute Gasteiger partial charge is 0.243 e. The summed E-state index contributed by atoms with van der Waals surface area (Å²) < 4.78 is 0.822. The Balaban J connectivity index is 2.00. The van der Waals surface area contributed by atoms with Crippen molar-refractivity contribution in [3.05, 3.63) is 52.8 Å². The minimum absolute atomic E-state index is 0.434. The molecule has 0 amide bonds. The first-order valence-corrected chi connectivity index (χ1v) is 6.38. The lowest BCUT2D eigenvalue weighted by Crippen LogP contribution is -1.98. The molecule has 0 atom stereocenters. The van der Waals surface area contributed by atoms with Crippen LogP contribution in [0.1, 0.15) is 12.5 Å². The predicted molar refractivity (Wildman–Crippen MR) is 79.8 cm³/mol. The Labute approximate surface area is 120 Å². The molecule has 0 unspecified atom stereocenters. The molecular formula is C14H11BrN4. The molecule has 0 aliphatic rings. The van der Waals surface area contributed by atoms with Crippen LogP contribution in [0.5, 0.6) is 0 Å². The second-order valence-electron chi connectivity index (χ2n) is 3.65. The van der Waals surface area contributed by atoms with Crippen LogP contribution in [0.25, 0.3) is 0 Å². The fourth-order valence-electron chi connectivity index (χ4n) is 1.22. The minimum atomic E-state index is 0.434. The molecule has 0 saturated heterocycles. The Kier molecular flexibility index (Phi) is 4.65. The molecule has 0 spiro atoms. The van der Waals surface area contributed by atoms with Crippen molar-refractivity contribution in [2.24, 2.45) is 5.10 Å². The van der Waals surface area contributed by atoms with Crippen molar-refractivity contribution in [1.82, 2.24) is 9.97 Å². The van der Waals surface area contributed by atoms with Crippen molar-refractivity contribution in [1.29, 1.82) is 0 Å². The summed E-state index contributed by atoms with van der Waals surface area (Å²) in [7, 11) is 0. The maximum Gasteiger partial charge on any atom is 0.243 e. The zero-order valence-corrected chi connectivity index (χ0v) is 11.8. The number of benzene rings is 1.